The Bertz CT molecular complexity index is 315. The third kappa shape index (κ3) is 3.68. The maximum atomic E-state index is 12.3. The summed E-state index contributed by atoms with van der Waals surface area (Å²) in [4.78, 5) is 19.0. The predicted octanol–water partition coefficient (Wildman–Crippen LogP) is -0.179. The second-order valence-electron chi connectivity index (χ2n) is 6.29. The summed E-state index contributed by atoms with van der Waals surface area (Å²) in [5.41, 5.74) is 5.93. The second-order valence-corrected chi connectivity index (χ2v) is 6.29. The van der Waals surface area contributed by atoms with Crippen molar-refractivity contribution >= 4 is 5.91 Å². The number of nitrogens with zero attached hydrogens (tertiary/aromatic N) is 3. The van der Waals surface area contributed by atoms with Crippen LogP contribution in [-0.2, 0) is 4.79 Å². The van der Waals surface area contributed by atoms with E-state index in [-0.39, 0.29) is 11.3 Å². The Morgan fingerprint density at radius 1 is 1.16 bits per heavy atom. The van der Waals surface area contributed by atoms with Gasteiger partial charge in [-0.2, -0.15) is 0 Å². The quantitative estimate of drug-likeness (QED) is 0.768. The first-order valence-corrected chi connectivity index (χ1v) is 7.49. The van der Waals surface area contributed by atoms with E-state index in [4.69, 9.17) is 5.73 Å². The van der Waals surface area contributed by atoms with Crippen LogP contribution >= 0.6 is 0 Å². The minimum atomic E-state index is 0.135. The van der Waals surface area contributed by atoms with E-state index >= 15 is 0 Å². The highest BCUT2D eigenvalue weighted by molar-refractivity contribution is 5.78. The zero-order valence-corrected chi connectivity index (χ0v) is 12.4. The number of hydrogen-bond donors (Lipinski definition) is 1. The SMILES string of the molecule is CCN1CCN(CC(=O)N2CCC(C)(CN)C2)CC1. The van der Waals surface area contributed by atoms with Gasteiger partial charge in [-0.3, -0.25) is 9.69 Å². The Balaban J connectivity index is 1.76. The van der Waals surface area contributed by atoms with Crippen LogP contribution in [0.4, 0.5) is 0 Å². The zero-order chi connectivity index (χ0) is 13.9. The Morgan fingerprint density at radius 3 is 2.32 bits per heavy atom. The molecule has 0 saturated carbocycles. The van der Waals surface area contributed by atoms with Crippen LogP contribution in [0.3, 0.4) is 0 Å². The Hall–Kier alpha value is -0.650. The summed E-state index contributed by atoms with van der Waals surface area (Å²) >= 11 is 0. The molecule has 1 unspecified atom stereocenters. The lowest BCUT2D eigenvalue weighted by Crippen LogP contribution is -2.49. The van der Waals surface area contributed by atoms with Crippen molar-refractivity contribution in [3.05, 3.63) is 0 Å². The topological polar surface area (TPSA) is 52.8 Å². The molecule has 0 bridgehead atoms. The number of carbonyl (C=O) groups is 1. The Kier molecular flexibility index (Phi) is 4.81. The molecule has 2 rings (SSSR count). The number of likely N-dealkylation sites (N-methyl/N-ethyl adjacent to an activating group) is 1. The molecule has 2 aliphatic rings. The van der Waals surface area contributed by atoms with Crippen molar-refractivity contribution in [1.82, 2.24) is 14.7 Å². The molecule has 5 heteroatoms. The highest BCUT2D eigenvalue weighted by Gasteiger charge is 2.35. The molecule has 110 valence electrons. The molecule has 2 N–H and O–H groups in total. The summed E-state index contributed by atoms with van der Waals surface area (Å²) in [6, 6.07) is 0. The first-order valence-electron chi connectivity index (χ1n) is 7.49. The van der Waals surface area contributed by atoms with Crippen molar-refractivity contribution in [2.24, 2.45) is 11.1 Å². The molecule has 19 heavy (non-hydrogen) atoms. The van der Waals surface area contributed by atoms with E-state index in [1.807, 2.05) is 4.90 Å². The van der Waals surface area contributed by atoms with Crippen molar-refractivity contribution in [3.63, 3.8) is 0 Å². The highest BCUT2D eigenvalue weighted by atomic mass is 16.2. The fourth-order valence-electron chi connectivity index (χ4n) is 2.96. The summed E-state index contributed by atoms with van der Waals surface area (Å²) in [5.74, 6) is 0.280. The highest BCUT2D eigenvalue weighted by Crippen LogP contribution is 2.28. The van der Waals surface area contributed by atoms with Gasteiger partial charge in [-0.1, -0.05) is 13.8 Å². The lowest BCUT2D eigenvalue weighted by atomic mass is 9.90. The van der Waals surface area contributed by atoms with E-state index in [9.17, 15) is 4.79 Å². The molecule has 2 heterocycles. The molecule has 0 aliphatic carbocycles. The smallest absolute Gasteiger partial charge is 0.236 e. The van der Waals surface area contributed by atoms with Gasteiger partial charge in [0.1, 0.15) is 0 Å². The molecule has 0 radical (unpaired) electrons. The van der Waals surface area contributed by atoms with E-state index in [0.717, 1.165) is 52.2 Å². The molecule has 0 spiro atoms. The van der Waals surface area contributed by atoms with Gasteiger partial charge in [-0.05, 0) is 24.9 Å². The van der Waals surface area contributed by atoms with Gasteiger partial charge in [0.15, 0.2) is 0 Å². The van der Waals surface area contributed by atoms with Crippen LogP contribution in [0.2, 0.25) is 0 Å². The monoisotopic (exact) mass is 268 g/mol. The number of carbonyl (C=O) groups excluding carboxylic acids is 1. The van der Waals surface area contributed by atoms with E-state index in [1.54, 1.807) is 0 Å². The molecule has 5 nitrogen and oxygen atoms in total. The molecule has 1 amide bonds. The summed E-state index contributed by atoms with van der Waals surface area (Å²) in [5, 5.41) is 0. The summed E-state index contributed by atoms with van der Waals surface area (Å²) in [6.45, 7) is 12.7. The maximum absolute atomic E-state index is 12.3. The van der Waals surface area contributed by atoms with Gasteiger partial charge in [-0.15, -0.1) is 0 Å². The van der Waals surface area contributed by atoms with Crippen molar-refractivity contribution in [3.8, 4) is 0 Å². The molecule has 2 aliphatic heterocycles. The second kappa shape index (κ2) is 6.20. The lowest BCUT2D eigenvalue weighted by molar-refractivity contribution is -0.132. The number of piperazine rings is 1. The number of nitrogens with two attached hydrogens (primary N) is 1. The van der Waals surface area contributed by atoms with E-state index < -0.39 is 0 Å². The van der Waals surface area contributed by atoms with E-state index in [0.29, 0.717) is 13.1 Å². The molecule has 2 fully saturated rings. The fraction of sp³-hybridized carbons (Fsp3) is 0.929. The van der Waals surface area contributed by atoms with Gasteiger partial charge in [-0.25, -0.2) is 0 Å². The standard InChI is InChI=1S/C14H28N4O/c1-3-16-6-8-17(9-7-16)10-13(19)18-5-4-14(2,11-15)12-18/h3-12,15H2,1-2H3. The van der Waals surface area contributed by atoms with E-state index in [2.05, 4.69) is 23.6 Å². The average Bonchev–Trinajstić information content (AvgIpc) is 2.83. The van der Waals surface area contributed by atoms with Gasteiger partial charge >= 0.3 is 0 Å². The van der Waals surface area contributed by atoms with Crippen LogP contribution in [0, 0.1) is 5.41 Å². The summed E-state index contributed by atoms with van der Waals surface area (Å²) in [7, 11) is 0. The van der Waals surface area contributed by atoms with Crippen LogP contribution in [0.1, 0.15) is 20.3 Å². The normalized spacial score (nSPS) is 29.9. The van der Waals surface area contributed by atoms with Crippen molar-refractivity contribution in [2.75, 3.05) is 58.9 Å². The van der Waals surface area contributed by atoms with Gasteiger partial charge in [0.2, 0.25) is 5.91 Å². The van der Waals surface area contributed by atoms with Gasteiger partial charge in [0.05, 0.1) is 6.54 Å². The van der Waals surface area contributed by atoms with Crippen molar-refractivity contribution in [1.29, 1.82) is 0 Å². The first kappa shape index (κ1) is 14.8. The van der Waals surface area contributed by atoms with Crippen molar-refractivity contribution < 1.29 is 4.79 Å². The number of hydrogen-bond acceptors (Lipinski definition) is 4. The average molecular weight is 268 g/mol. The van der Waals surface area contributed by atoms with Crippen molar-refractivity contribution in [2.45, 2.75) is 20.3 Å². The Labute approximate surface area is 116 Å². The number of likely N-dealkylation sites (tertiary alicyclic amines) is 1. The molecule has 0 aromatic rings. The molecule has 0 aromatic carbocycles. The third-order valence-corrected chi connectivity index (χ3v) is 4.67. The first-order chi connectivity index (χ1) is 9.06. The number of amides is 1. The molecular formula is C14H28N4O. The molecular weight excluding hydrogens is 240 g/mol. The maximum Gasteiger partial charge on any atom is 0.236 e. The van der Waals surface area contributed by atoms with Crippen LogP contribution in [0.5, 0.6) is 0 Å². The zero-order valence-electron chi connectivity index (χ0n) is 12.4. The van der Waals surface area contributed by atoms with Crippen LogP contribution in [-0.4, -0.2) is 79.5 Å². The lowest BCUT2D eigenvalue weighted by Gasteiger charge is -2.34. The summed E-state index contributed by atoms with van der Waals surface area (Å²) < 4.78 is 0. The molecule has 2 saturated heterocycles. The van der Waals surface area contributed by atoms with Gasteiger partial charge in [0, 0.05) is 39.3 Å². The largest absolute Gasteiger partial charge is 0.341 e. The van der Waals surface area contributed by atoms with Gasteiger partial charge in [0.25, 0.3) is 0 Å². The van der Waals surface area contributed by atoms with Crippen LogP contribution in [0.25, 0.3) is 0 Å². The van der Waals surface area contributed by atoms with Crippen LogP contribution in [0.15, 0.2) is 0 Å². The van der Waals surface area contributed by atoms with Crippen LogP contribution < -0.4 is 5.73 Å². The van der Waals surface area contributed by atoms with Gasteiger partial charge < -0.3 is 15.5 Å². The minimum absolute atomic E-state index is 0.135. The summed E-state index contributed by atoms with van der Waals surface area (Å²) in [6.07, 6.45) is 1.04. The minimum Gasteiger partial charge on any atom is -0.341 e. The van der Waals surface area contributed by atoms with E-state index in [1.165, 1.54) is 0 Å². The molecule has 1 atom stereocenters. The number of rotatable bonds is 4. The fourth-order valence-corrected chi connectivity index (χ4v) is 2.96. The third-order valence-electron chi connectivity index (χ3n) is 4.67. The molecule has 0 aromatic heterocycles. The predicted molar refractivity (Wildman–Crippen MR) is 76.9 cm³/mol. The Morgan fingerprint density at radius 2 is 1.79 bits per heavy atom.